The summed E-state index contributed by atoms with van der Waals surface area (Å²) in [5.74, 6) is 1.33. The highest BCUT2D eigenvalue weighted by Gasteiger charge is 2.39. The van der Waals surface area contributed by atoms with Gasteiger partial charge in [-0.05, 0) is 37.0 Å². The molecule has 2 aliphatic rings. The average Bonchev–Trinajstić information content (AvgIpc) is 2.72. The summed E-state index contributed by atoms with van der Waals surface area (Å²) >= 11 is 0. The van der Waals surface area contributed by atoms with Gasteiger partial charge in [0, 0.05) is 11.1 Å². The molecule has 0 unspecified atom stereocenters. The Balaban J connectivity index is 2.12. The number of nitrogens with two attached hydrogens (primary N) is 1. The minimum atomic E-state index is -0.500. The predicted molar refractivity (Wildman–Crippen MR) is 57.1 cm³/mol. The summed E-state index contributed by atoms with van der Waals surface area (Å²) in [5.41, 5.74) is 7.43. The Morgan fingerprint density at radius 2 is 2.12 bits per heavy atom. The minimum absolute atomic E-state index is 0.203. The molecule has 0 aromatic heterocycles. The molecular formula is C12H14FNO2. The van der Waals surface area contributed by atoms with Crippen LogP contribution in [0.2, 0.25) is 0 Å². The number of alkyl halides is 1. The van der Waals surface area contributed by atoms with Gasteiger partial charge in [-0.15, -0.1) is 0 Å². The van der Waals surface area contributed by atoms with Gasteiger partial charge in [0.05, 0.1) is 0 Å². The number of halogens is 1. The third-order valence-electron chi connectivity index (χ3n) is 3.47. The second-order valence-corrected chi connectivity index (χ2v) is 4.52. The lowest BCUT2D eigenvalue weighted by atomic mass is 9.72. The van der Waals surface area contributed by atoms with Crippen LogP contribution >= 0.6 is 0 Å². The Morgan fingerprint density at radius 3 is 2.75 bits per heavy atom. The van der Waals surface area contributed by atoms with Crippen molar-refractivity contribution >= 4 is 0 Å². The third-order valence-corrected chi connectivity index (χ3v) is 3.47. The van der Waals surface area contributed by atoms with Gasteiger partial charge in [0.1, 0.15) is 6.67 Å². The predicted octanol–water partition coefficient (Wildman–Crippen LogP) is 2.22. The lowest BCUT2D eigenvalue weighted by Crippen LogP contribution is -2.43. The van der Waals surface area contributed by atoms with E-state index in [1.165, 1.54) is 0 Å². The quantitative estimate of drug-likeness (QED) is 0.836. The van der Waals surface area contributed by atoms with Crippen LogP contribution in [0.3, 0.4) is 0 Å². The molecular weight excluding hydrogens is 209 g/mol. The maximum atomic E-state index is 12.7. The van der Waals surface area contributed by atoms with Gasteiger partial charge >= 0.3 is 0 Å². The second kappa shape index (κ2) is 3.35. The average molecular weight is 223 g/mol. The monoisotopic (exact) mass is 223 g/mol. The van der Waals surface area contributed by atoms with E-state index in [9.17, 15) is 4.39 Å². The third kappa shape index (κ3) is 1.29. The van der Waals surface area contributed by atoms with Crippen LogP contribution in [0.1, 0.15) is 30.4 Å². The zero-order chi connectivity index (χ0) is 11.2. The Bertz CT molecular complexity index is 429. The summed E-state index contributed by atoms with van der Waals surface area (Å²) in [6.07, 6.45) is 2.98. The largest absolute Gasteiger partial charge is 0.454 e. The summed E-state index contributed by atoms with van der Waals surface area (Å²) in [6.45, 7) is -0.298. The van der Waals surface area contributed by atoms with Gasteiger partial charge in [0.2, 0.25) is 6.79 Å². The summed E-state index contributed by atoms with van der Waals surface area (Å²) in [4.78, 5) is 0. The van der Waals surface area contributed by atoms with Crippen molar-refractivity contribution in [2.75, 3.05) is 6.79 Å². The molecule has 1 fully saturated rings. The van der Waals surface area contributed by atoms with Crippen molar-refractivity contribution in [3.63, 3.8) is 0 Å². The van der Waals surface area contributed by atoms with E-state index in [4.69, 9.17) is 15.2 Å². The molecule has 0 amide bonds. The van der Waals surface area contributed by atoms with Crippen molar-refractivity contribution in [1.29, 1.82) is 0 Å². The number of fused-ring (bicyclic) bond motifs is 1. The van der Waals surface area contributed by atoms with Crippen LogP contribution in [0.15, 0.2) is 12.1 Å². The smallest absolute Gasteiger partial charge is 0.231 e. The van der Waals surface area contributed by atoms with E-state index in [0.717, 1.165) is 24.8 Å². The van der Waals surface area contributed by atoms with Gasteiger partial charge in [-0.3, -0.25) is 0 Å². The van der Waals surface area contributed by atoms with E-state index >= 15 is 0 Å². The van der Waals surface area contributed by atoms with Gasteiger partial charge in [-0.1, -0.05) is 0 Å². The molecule has 0 bridgehead atoms. The van der Waals surface area contributed by atoms with Crippen LogP contribution in [0.4, 0.5) is 4.39 Å². The van der Waals surface area contributed by atoms with E-state index in [1.54, 1.807) is 6.07 Å². The second-order valence-electron chi connectivity index (χ2n) is 4.52. The molecule has 16 heavy (non-hydrogen) atoms. The van der Waals surface area contributed by atoms with Gasteiger partial charge in [-0.2, -0.15) is 0 Å². The van der Waals surface area contributed by atoms with Gasteiger partial charge < -0.3 is 15.2 Å². The maximum Gasteiger partial charge on any atom is 0.231 e. The zero-order valence-corrected chi connectivity index (χ0v) is 8.96. The van der Waals surface area contributed by atoms with Gasteiger partial charge in [-0.25, -0.2) is 4.39 Å². The highest BCUT2D eigenvalue weighted by atomic mass is 19.1. The van der Waals surface area contributed by atoms with Crippen molar-refractivity contribution in [2.24, 2.45) is 5.73 Å². The fourth-order valence-electron chi connectivity index (χ4n) is 2.34. The summed E-state index contributed by atoms with van der Waals surface area (Å²) in [7, 11) is 0. The first kappa shape index (κ1) is 9.90. The molecule has 1 aromatic rings. The van der Waals surface area contributed by atoms with Crippen molar-refractivity contribution < 1.29 is 13.9 Å². The first-order valence-electron chi connectivity index (χ1n) is 5.51. The molecule has 3 nitrogen and oxygen atoms in total. The molecule has 1 aromatic carbocycles. The van der Waals surface area contributed by atoms with Crippen LogP contribution in [-0.2, 0) is 12.2 Å². The van der Waals surface area contributed by atoms with Crippen LogP contribution < -0.4 is 15.2 Å². The van der Waals surface area contributed by atoms with Crippen LogP contribution in [0.5, 0.6) is 11.5 Å². The van der Waals surface area contributed by atoms with Crippen molar-refractivity contribution in [2.45, 2.75) is 31.5 Å². The molecule has 1 saturated carbocycles. The summed E-state index contributed by atoms with van der Waals surface area (Å²) in [5, 5.41) is 0. The molecule has 4 heteroatoms. The summed E-state index contributed by atoms with van der Waals surface area (Å²) in [6, 6.07) is 3.50. The van der Waals surface area contributed by atoms with Gasteiger partial charge in [0.15, 0.2) is 11.5 Å². The van der Waals surface area contributed by atoms with Gasteiger partial charge in [0.25, 0.3) is 0 Å². The molecule has 86 valence electrons. The van der Waals surface area contributed by atoms with Crippen molar-refractivity contribution in [3.8, 4) is 11.5 Å². The van der Waals surface area contributed by atoms with Crippen molar-refractivity contribution in [3.05, 3.63) is 23.3 Å². The highest BCUT2D eigenvalue weighted by molar-refractivity contribution is 5.54. The standard InChI is InChI=1S/C12H14FNO2/c13-6-8-4-9(12(14)2-1-3-12)11-10(5-8)15-7-16-11/h4-5H,1-3,6-7,14H2. The Labute approximate surface area is 93.3 Å². The molecule has 0 saturated heterocycles. The van der Waals surface area contributed by atoms with E-state index in [-0.39, 0.29) is 12.3 Å². The van der Waals surface area contributed by atoms with Crippen LogP contribution in [0.25, 0.3) is 0 Å². The molecule has 1 heterocycles. The summed E-state index contributed by atoms with van der Waals surface area (Å²) < 4.78 is 23.5. The molecule has 3 rings (SSSR count). The van der Waals surface area contributed by atoms with E-state index in [1.807, 2.05) is 6.07 Å². The number of hydrogen-bond acceptors (Lipinski definition) is 3. The first-order valence-corrected chi connectivity index (χ1v) is 5.51. The van der Waals surface area contributed by atoms with E-state index in [2.05, 4.69) is 0 Å². The first-order chi connectivity index (χ1) is 7.73. The molecule has 0 atom stereocenters. The SMILES string of the molecule is NC1(c2cc(CF)cc3c2OCO3)CCC1. The zero-order valence-electron chi connectivity index (χ0n) is 8.96. The number of benzene rings is 1. The minimum Gasteiger partial charge on any atom is -0.454 e. The molecule has 0 spiro atoms. The Kier molecular flexibility index (Phi) is 2.07. The lowest BCUT2D eigenvalue weighted by molar-refractivity contribution is 0.168. The molecule has 2 N–H and O–H groups in total. The van der Waals surface area contributed by atoms with Crippen LogP contribution in [-0.4, -0.2) is 6.79 Å². The number of hydrogen-bond donors (Lipinski definition) is 1. The number of rotatable bonds is 2. The molecule has 1 aliphatic carbocycles. The fourth-order valence-corrected chi connectivity index (χ4v) is 2.34. The van der Waals surface area contributed by atoms with Crippen LogP contribution in [0, 0.1) is 0 Å². The lowest BCUT2D eigenvalue weighted by Gasteiger charge is -2.39. The number of ether oxygens (including phenoxy) is 2. The highest BCUT2D eigenvalue weighted by Crippen LogP contribution is 2.48. The maximum absolute atomic E-state index is 12.7. The topological polar surface area (TPSA) is 44.5 Å². The Hall–Kier alpha value is -1.29. The van der Waals surface area contributed by atoms with E-state index < -0.39 is 6.67 Å². The van der Waals surface area contributed by atoms with E-state index in [0.29, 0.717) is 17.1 Å². The normalized spacial score (nSPS) is 20.6. The molecule has 0 radical (unpaired) electrons. The van der Waals surface area contributed by atoms with Crippen molar-refractivity contribution in [1.82, 2.24) is 0 Å². The Morgan fingerprint density at radius 1 is 1.31 bits per heavy atom. The fraction of sp³-hybridized carbons (Fsp3) is 0.500. The molecule has 1 aliphatic heterocycles.